The molecule has 1 aromatic carbocycles. The number of carbonyl (C=O) groups is 2. The summed E-state index contributed by atoms with van der Waals surface area (Å²) in [5.74, 6) is -1.77. The zero-order valence-corrected chi connectivity index (χ0v) is 10.2. The minimum absolute atomic E-state index is 0.241. The quantitative estimate of drug-likeness (QED) is 0.465. The Morgan fingerprint density at radius 3 is 2.53 bits per heavy atom. The predicted octanol–water partition coefficient (Wildman–Crippen LogP) is 0.491. The fourth-order valence-electron chi connectivity index (χ4n) is 1.39. The van der Waals surface area contributed by atoms with Gasteiger partial charge in [-0.05, 0) is 5.56 Å². The van der Waals surface area contributed by atoms with Crippen LogP contribution in [-0.4, -0.2) is 24.8 Å². The van der Waals surface area contributed by atoms with Gasteiger partial charge in [0.1, 0.15) is 5.92 Å². The number of hydrogen-bond donors (Lipinski definition) is 2. The molecule has 0 aromatic heterocycles. The number of benzene rings is 1. The number of nitrogens with one attached hydrogen (secondary N) is 1. The minimum atomic E-state index is -0.958. The molecule has 2 amide bonds. The number of primary amides is 1. The van der Waals surface area contributed by atoms with E-state index < -0.39 is 17.9 Å². The lowest BCUT2D eigenvalue weighted by atomic mass is 9.95. The molecule has 0 aliphatic heterocycles. The summed E-state index contributed by atoms with van der Waals surface area (Å²) in [6, 6.07) is 9.53. The average molecular weight is 260 g/mol. The van der Waals surface area contributed by atoms with Crippen LogP contribution in [-0.2, 0) is 9.53 Å². The topological polar surface area (TPSA) is 118 Å². The van der Waals surface area contributed by atoms with Crippen LogP contribution >= 0.6 is 0 Å². The monoisotopic (exact) mass is 260 g/mol. The van der Waals surface area contributed by atoms with Crippen LogP contribution in [0, 0.1) is 11.3 Å². The summed E-state index contributed by atoms with van der Waals surface area (Å²) in [6.45, 7) is 0. The third-order valence-electron chi connectivity index (χ3n) is 2.22. The van der Waals surface area contributed by atoms with E-state index in [0.717, 1.165) is 7.11 Å². The van der Waals surface area contributed by atoms with Crippen LogP contribution in [0.4, 0.5) is 4.79 Å². The number of hydrogen-bond acceptors (Lipinski definition) is 5. The first-order valence-corrected chi connectivity index (χ1v) is 5.26. The number of nitriles is 1. The lowest BCUT2D eigenvalue weighted by Crippen LogP contribution is -2.31. The van der Waals surface area contributed by atoms with Gasteiger partial charge in [-0.2, -0.15) is 10.4 Å². The second-order valence-corrected chi connectivity index (χ2v) is 3.44. The molecule has 0 bridgehead atoms. The standard InChI is InChI=1S/C12H12N4O3/c1-19-11(17)10(15-16-12(14)18)9(7-13)8-5-3-2-4-6-8/h2-6,9H,1H3,(H3,14,16,18). The highest BCUT2D eigenvalue weighted by Gasteiger charge is 2.25. The van der Waals surface area contributed by atoms with Gasteiger partial charge in [0.15, 0.2) is 5.71 Å². The molecule has 7 nitrogen and oxygen atoms in total. The van der Waals surface area contributed by atoms with Crippen LogP contribution in [0.5, 0.6) is 0 Å². The first-order chi connectivity index (χ1) is 9.10. The number of esters is 1. The summed E-state index contributed by atoms with van der Waals surface area (Å²) in [5, 5.41) is 12.7. The van der Waals surface area contributed by atoms with Crippen LogP contribution in [0.15, 0.2) is 35.4 Å². The Morgan fingerprint density at radius 1 is 1.42 bits per heavy atom. The Hall–Kier alpha value is -2.88. The zero-order valence-electron chi connectivity index (χ0n) is 10.2. The van der Waals surface area contributed by atoms with Crippen molar-refractivity contribution in [1.82, 2.24) is 5.43 Å². The number of nitrogens with zero attached hydrogens (tertiary/aromatic N) is 2. The second-order valence-electron chi connectivity index (χ2n) is 3.44. The lowest BCUT2D eigenvalue weighted by molar-refractivity contribution is -0.132. The van der Waals surface area contributed by atoms with Crippen LogP contribution in [0.25, 0.3) is 0 Å². The Morgan fingerprint density at radius 2 is 2.05 bits per heavy atom. The van der Waals surface area contributed by atoms with E-state index in [4.69, 9.17) is 5.73 Å². The van der Waals surface area contributed by atoms with E-state index in [1.54, 1.807) is 30.3 Å². The first-order valence-electron chi connectivity index (χ1n) is 5.26. The molecule has 1 atom stereocenters. The third-order valence-corrected chi connectivity index (χ3v) is 2.22. The molecule has 0 heterocycles. The highest BCUT2D eigenvalue weighted by atomic mass is 16.5. The predicted molar refractivity (Wildman–Crippen MR) is 67.0 cm³/mol. The lowest BCUT2D eigenvalue weighted by Gasteiger charge is -2.10. The molecular weight excluding hydrogens is 248 g/mol. The molecule has 7 heteroatoms. The molecule has 0 fully saturated rings. The van der Waals surface area contributed by atoms with Gasteiger partial charge in [-0.15, -0.1) is 0 Å². The summed E-state index contributed by atoms with van der Waals surface area (Å²) in [4.78, 5) is 22.2. The van der Waals surface area contributed by atoms with E-state index in [1.165, 1.54) is 0 Å². The van der Waals surface area contributed by atoms with Crippen LogP contribution in [0.2, 0.25) is 0 Å². The Labute approximate surface area is 109 Å². The SMILES string of the molecule is COC(=O)C(=NNC(N)=O)C(C#N)c1ccccc1. The Balaban J connectivity index is 3.15. The zero-order chi connectivity index (χ0) is 14.3. The number of carbonyl (C=O) groups excluding carboxylic acids is 2. The van der Waals surface area contributed by atoms with Crippen molar-refractivity contribution in [2.45, 2.75) is 5.92 Å². The highest BCUT2D eigenvalue weighted by molar-refractivity contribution is 6.39. The first kappa shape index (κ1) is 14.2. The molecule has 98 valence electrons. The fraction of sp³-hybridized carbons (Fsp3) is 0.167. The molecule has 0 aliphatic rings. The second kappa shape index (κ2) is 6.76. The van der Waals surface area contributed by atoms with Gasteiger partial charge < -0.3 is 10.5 Å². The molecule has 19 heavy (non-hydrogen) atoms. The summed E-state index contributed by atoms with van der Waals surface area (Å²) >= 11 is 0. The van der Waals surface area contributed by atoms with Gasteiger partial charge in [0.2, 0.25) is 0 Å². The maximum atomic E-state index is 11.6. The number of methoxy groups -OCH3 is 1. The van der Waals surface area contributed by atoms with Crippen molar-refractivity contribution in [2.24, 2.45) is 10.8 Å². The summed E-state index contributed by atoms with van der Waals surface area (Å²) in [5.41, 5.74) is 7.11. The van der Waals surface area contributed by atoms with Gasteiger partial charge >= 0.3 is 12.0 Å². The van der Waals surface area contributed by atoms with Crippen molar-refractivity contribution < 1.29 is 14.3 Å². The molecule has 1 aromatic rings. The maximum Gasteiger partial charge on any atom is 0.355 e. The third kappa shape index (κ3) is 3.81. The fourth-order valence-corrected chi connectivity index (χ4v) is 1.39. The van der Waals surface area contributed by atoms with Crippen molar-refractivity contribution >= 4 is 17.7 Å². The van der Waals surface area contributed by atoms with Crippen molar-refractivity contribution in [3.8, 4) is 6.07 Å². The smallest absolute Gasteiger partial charge is 0.355 e. The molecule has 1 unspecified atom stereocenters. The molecule has 0 radical (unpaired) electrons. The van der Waals surface area contributed by atoms with Crippen LogP contribution < -0.4 is 11.2 Å². The van der Waals surface area contributed by atoms with Gasteiger partial charge in [-0.25, -0.2) is 15.0 Å². The number of amides is 2. The van der Waals surface area contributed by atoms with E-state index in [1.807, 2.05) is 11.5 Å². The molecule has 0 saturated carbocycles. The van der Waals surface area contributed by atoms with Crippen LogP contribution in [0.1, 0.15) is 11.5 Å². The Kier molecular flexibility index (Phi) is 5.04. The summed E-state index contributed by atoms with van der Waals surface area (Å²) in [6.07, 6.45) is 0. The van der Waals surface area contributed by atoms with Gasteiger partial charge in [0.05, 0.1) is 13.2 Å². The van der Waals surface area contributed by atoms with Gasteiger partial charge in [0.25, 0.3) is 0 Å². The van der Waals surface area contributed by atoms with E-state index in [-0.39, 0.29) is 5.71 Å². The van der Waals surface area contributed by atoms with E-state index in [0.29, 0.717) is 5.56 Å². The number of rotatable bonds is 4. The molecule has 0 saturated heterocycles. The average Bonchev–Trinajstić information content (AvgIpc) is 2.43. The number of ether oxygens (including phenoxy) is 1. The summed E-state index contributed by atoms with van der Waals surface area (Å²) in [7, 11) is 1.15. The molecule has 3 N–H and O–H groups in total. The van der Waals surface area contributed by atoms with Crippen molar-refractivity contribution in [3.05, 3.63) is 35.9 Å². The van der Waals surface area contributed by atoms with Gasteiger partial charge in [0, 0.05) is 0 Å². The number of nitrogens with two attached hydrogens (primary N) is 1. The molecule has 0 aliphatic carbocycles. The largest absolute Gasteiger partial charge is 0.464 e. The normalized spacial score (nSPS) is 12.1. The van der Waals surface area contributed by atoms with Gasteiger partial charge in [-0.1, -0.05) is 30.3 Å². The van der Waals surface area contributed by atoms with Crippen molar-refractivity contribution in [3.63, 3.8) is 0 Å². The van der Waals surface area contributed by atoms with Crippen molar-refractivity contribution in [1.29, 1.82) is 5.26 Å². The van der Waals surface area contributed by atoms with Gasteiger partial charge in [-0.3, -0.25) is 0 Å². The minimum Gasteiger partial charge on any atom is -0.464 e. The highest BCUT2D eigenvalue weighted by Crippen LogP contribution is 2.17. The van der Waals surface area contributed by atoms with E-state index in [9.17, 15) is 14.9 Å². The maximum absolute atomic E-state index is 11.6. The van der Waals surface area contributed by atoms with Crippen molar-refractivity contribution in [2.75, 3.05) is 7.11 Å². The van der Waals surface area contributed by atoms with E-state index >= 15 is 0 Å². The molecular formula is C12H12N4O3. The number of hydrazone groups is 1. The van der Waals surface area contributed by atoms with E-state index in [2.05, 4.69) is 9.84 Å². The molecule has 0 spiro atoms. The number of urea groups is 1. The molecule has 1 rings (SSSR count). The Bertz CT molecular complexity index is 534. The van der Waals surface area contributed by atoms with Crippen LogP contribution in [0.3, 0.4) is 0 Å². The summed E-state index contributed by atoms with van der Waals surface area (Å²) < 4.78 is 4.54.